The maximum Gasteiger partial charge on any atom is 0.314 e. The molecule has 1 aromatic heterocycles. The Hall–Kier alpha value is -2.63. The number of aryl methyl sites for hydroxylation is 1. The van der Waals surface area contributed by atoms with Gasteiger partial charge in [0.2, 0.25) is 5.91 Å². The molecule has 1 amide bonds. The van der Waals surface area contributed by atoms with E-state index in [0.717, 1.165) is 29.7 Å². The minimum absolute atomic E-state index is 0.112. The number of amides is 1. The number of carbonyl (C=O) groups excluding carboxylic acids is 2. The lowest BCUT2D eigenvalue weighted by Gasteiger charge is -2.40. The van der Waals surface area contributed by atoms with E-state index in [2.05, 4.69) is 18.1 Å². The summed E-state index contributed by atoms with van der Waals surface area (Å²) in [5, 5.41) is 4.22. The SMILES string of the molecule is CCOC(=O)[C@]1(Cc2cc(-c3cccc(C)c3)no2)CCCN(C(=O)[C@H]2C[C@@H]2C)C1. The number of nitrogens with zero attached hydrogens (tertiary/aromatic N) is 2. The monoisotopic (exact) mass is 410 g/mol. The van der Waals surface area contributed by atoms with E-state index in [4.69, 9.17) is 9.26 Å². The second-order valence-electron chi connectivity index (χ2n) is 8.91. The highest BCUT2D eigenvalue weighted by Gasteiger charge is 2.49. The van der Waals surface area contributed by atoms with Crippen LogP contribution in [0.4, 0.5) is 0 Å². The van der Waals surface area contributed by atoms with Crippen LogP contribution in [-0.4, -0.2) is 41.6 Å². The van der Waals surface area contributed by atoms with E-state index in [1.807, 2.05) is 43.0 Å². The van der Waals surface area contributed by atoms with Gasteiger partial charge in [0.25, 0.3) is 0 Å². The lowest BCUT2D eigenvalue weighted by Crippen LogP contribution is -2.52. The maximum absolute atomic E-state index is 13.0. The van der Waals surface area contributed by atoms with E-state index in [1.54, 1.807) is 0 Å². The smallest absolute Gasteiger partial charge is 0.314 e. The number of hydrogen-bond donors (Lipinski definition) is 0. The van der Waals surface area contributed by atoms with Gasteiger partial charge in [-0.25, -0.2) is 0 Å². The van der Waals surface area contributed by atoms with Crippen molar-refractivity contribution in [1.29, 1.82) is 0 Å². The van der Waals surface area contributed by atoms with Crippen molar-refractivity contribution in [2.45, 2.75) is 46.5 Å². The molecule has 1 aromatic carbocycles. The number of rotatable bonds is 6. The first-order valence-corrected chi connectivity index (χ1v) is 10.9. The Morgan fingerprint density at radius 1 is 1.33 bits per heavy atom. The number of esters is 1. The molecule has 1 saturated heterocycles. The molecule has 30 heavy (non-hydrogen) atoms. The first-order chi connectivity index (χ1) is 14.4. The van der Waals surface area contributed by atoms with Crippen LogP contribution >= 0.6 is 0 Å². The van der Waals surface area contributed by atoms with E-state index >= 15 is 0 Å². The highest BCUT2D eigenvalue weighted by Crippen LogP contribution is 2.42. The molecule has 6 heteroatoms. The molecule has 2 heterocycles. The Morgan fingerprint density at radius 3 is 2.83 bits per heavy atom. The summed E-state index contributed by atoms with van der Waals surface area (Å²) in [7, 11) is 0. The van der Waals surface area contributed by atoms with E-state index < -0.39 is 5.41 Å². The fourth-order valence-electron chi connectivity index (χ4n) is 4.56. The number of hydrogen-bond acceptors (Lipinski definition) is 5. The molecule has 160 valence electrons. The van der Waals surface area contributed by atoms with Crippen LogP contribution in [0.25, 0.3) is 11.3 Å². The highest BCUT2D eigenvalue weighted by atomic mass is 16.5. The molecule has 0 bridgehead atoms. The minimum Gasteiger partial charge on any atom is -0.466 e. The van der Waals surface area contributed by atoms with Crippen LogP contribution in [0.15, 0.2) is 34.9 Å². The van der Waals surface area contributed by atoms with Crippen LogP contribution in [0, 0.1) is 24.2 Å². The molecule has 0 unspecified atom stereocenters. The summed E-state index contributed by atoms with van der Waals surface area (Å²) in [6, 6.07) is 9.98. The number of carbonyl (C=O) groups is 2. The van der Waals surface area contributed by atoms with Crippen molar-refractivity contribution in [3.05, 3.63) is 41.7 Å². The second-order valence-corrected chi connectivity index (χ2v) is 8.91. The van der Waals surface area contributed by atoms with Crippen LogP contribution in [0.5, 0.6) is 0 Å². The van der Waals surface area contributed by atoms with Crippen molar-refractivity contribution in [2.75, 3.05) is 19.7 Å². The number of benzene rings is 1. The second kappa shape index (κ2) is 8.25. The molecule has 2 aromatic rings. The van der Waals surface area contributed by atoms with Crippen LogP contribution in [0.1, 0.15) is 44.4 Å². The number of aromatic nitrogens is 1. The molecule has 1 saturated carbocycles. The Bertz CT molecular complexity index is 937. The highest BCUT2D eigenvalue weighted by molar-refractivity contribution is 5.84. The summed E-state index contributed by atoms with van der Waals surface area (Å²) in [5.74, 6) is 1.13. The zero-order valence-corrected chi connectivity index (χ0v) is 18.0. The van der Waals surface area contributed by atoms with Gasteiger partial charge < -0.3 is 14.2 Å². The molecule has 6 nitrogen and oxygen atoms in total. The number of ether oxygens (including phenoxy) is 1. The predicted molar refractivity (Wildman–Crippen MR) is 113 cm³/mol. The van der Waals surface area contributed by atoms with Gasteiger partial charge in [-0.3, -0.25) is 9.59 Å². The third-order valence-electron chi connectivity index (χ3n) is 6.41. The normalized spacial score (nSPS) is 25.8. The summed E-state index contributed by atoms with van der Waals surface area (Å²) >= 11 is 0. The largest absolute Gasteiger partial charge is 0.466 e. The van der Waals surface area contributed by atoms with Crippen LogP contribution in [-0.2, 0) is 20.7 Å². The third kappa shape index (κ3) is 4.13. The summed E-state index contributed by atoms with van der Waals surface area (Å²) in [6.07, 6.45) is 2.79. The van der Waals surface area contributed by atoms with Crippen molar-refractivity contribution in [3.8, 4) is 11.3 Å². The Labute approximate surface area is 177 Å². The predicted octanol–water partition coefficient (Wildman–Crippen LogP) is 4.02. The van der Waals surface area contributed by atoms with Crippen LogP contribution in [0.3, 0.4) is 0 Å². The minimum atomic E-state index is -0.786. The summed E-state index contributed by atoms with van der Waals surface area (Å²) in [4.78, 5) is 27.8. The van der Waals surface area contributed by atoms with Gasteiger partial charge in [0.1, 0.15) is 11.5 Å². The molecule has 0 radical (unpaired) electrons. The molecule has 3 atom stereocenters. The average molecular weight is 411 g/mol. The van der Waals surface area contributed by atoms with Crippen molar-refractivity contribution >= 4 is 11.9 Å². The van der Waals surface area contributed by atoms with E-state index in [-0.39, 0.29) is 17.8 Å². The molecular weight excluding hydrogens is 380 g/mol. The molecule has 0 spiro atoms. The van der Waals surface area contributed by atoms with Crippen molar-refractivity contribution in [1.82, 2.24) is 10.1 Å². The number of likely N-dealkylation sites (tertiary alicyclic amines) is 1. The topological polar surface area (TPSA) is 72.6 Å². The van der Waals surface area contributed by atoms with E-state index in [0.29, 0.717) is 44.2 Å². The molecule has 1 aliphatic carbocycles. The van der Waals surface area contributed by atoms with Gasteiger partial charge in [-0.15, -0.1) is 0 Å². The first-order valence-electron chi connectivity index (χ1n) is 10.9. The van der Waals surface area contributed by atoms with Crippen molar-refractivity contribution < 1.29 is 18.8 Å². The van der Waals surface area contributed by atoms with Crippen molar-refractivity contribution in [3.63, 3.8) is 0 Å². The standard InChI is InChI=1S/C24H30N2O4/c1-4-29-23(28)24(9-6-10-26(15-24)22(27)20-12-17(20)3)14-19-13-21(25-30-19)18-8-5-7-16(2)11-18/h5,7-8,11,13,17,20H,4,6,9-10,12,14-15H2,1-3H3/t17-,20-,24-/m0/s1. The van der Waals surface area contributed by atoms with Gasteiger partial charge in [-0.1, -0.05) is 35.8 Å². The molecule has 1 aliphatic heterocycles. The van der Waals surface area contributed by atoms with Crippen molar-refractivity contribution in [2.24, 2.45) is 17.3 Å². The summed E-state index contributed by atoms with van der Waals surface area (Å²) in [6.45, 7) is 7.36. The van der Waals surface area contributed by atoms with Gasteiger partial charge in [0.15, 0.2) is 0 Å². The van der Waals surface area contributed by atoms with E-state index in [9.17, 15) is 9.59 Å². The quantitative estimate of drug-likeness (QED) is 0.673. The average Bonchev–Trinajstić information content (AvgIpc) is 3.28. The Kier molecular flexibility index (Phi) is 5.67. The Balaban J connectivity index is 1.57. The fraction of sp³-hybridized carbons (Fsp3) is 0.542. The van der Waals surface area contributed by atoms with Crippen LogP contribution < -0.4 is 0 Å². The molecule has 4 rings (SSSR count). The maximum atomic E-state index is 13.0. The molecule has 2 aliphatic rings. The summed E-state index contributed by atoms with van der Waals surface area (Å²) in [5.41, 5.74) is 2.10. The fourth-order valence-corrected chi connectivity index (χ4v) is 4.56. The van der Waals surface area contributed by atoms with Gasteiger partial charge in [0.05, 0.1) is 12.0 Å². The van der Waals surface area contributed by atoms with Gasteiger partial charge in [-0.2, -0.15) is 0 Å². The van der Waals surface area contributed by atoms with Gasteiger partial charge in [-0.05, 0) is 45.1 Å². The zero-order chi connectivity index (χ0) is 21.3. The van der Waals surface area contributed by atoms with E-state index in [1.165, 1.54) is 0 Å². The number of piperidine rings is 1. The lowest BCUT2D eigenvalue weighted by atomic mass is 9.76. The zero-order valence-electron chi connectivity index (χ0n) is 18.0. The third-order valence-corrected chi connectivity index (χ3v) is 6.41. The molecule has 0 N–H and O–H groups in total. The molecular formula is C24H30N2O4. The summed E-state index contributed by atoms with van der Waals surface area (Å²) < 4.78 is 11.1. The van der Waals surface area contributed by atoms with Crippen LogP contribution in [0.2, 0.25) is 0 Å². The van der Waals surface area contributed by atoms with Gasteiger partial charge >= 0.3 is 5.97 Å². The Morgan fingerprint density at radius 2 is 2.13 bits per heavy atom. The first kappa shape index (κ1) is 20.6. The van der Waals surface area contributed by atoms with Gasteiger partial charge in [0, 0.05) is 37.1 Å². The lowest BCUT2D eigenvalue weighted by molar-refractivity contribution is -0.161. The molecule has 2 fully saturated rings.